The topological polar surface area (TPSA) is 96.5 Å². The van der Waals surface area contributed by atoms with Crippen molar-refractivity contribution in [2.45, 2.75) is 57.7 Å². The van der Waals surface area contributed by atoms with Crippen molar-refractivity contribution >= 4 is 23.6 Å². The summed E-state index contributed by atoms with van der Waals surface area (Å²) >= 11 is 0. The van der Waals surface area contributed by atoms with Crippen molar-refractivity contribution in [2.75, 3.05) is 5.32 Å². The highest BCUT2D eigenvalue weighted by atomic mass is 16.5. The summed E-state index contributed by atoms with van der Waals surface area (Å²) in [4.78, 5) is 37.3. The van der Waals surface area contributed by atoms with E-state index in [-0.39, 0.29) is 24.8 Å². The number of fused-ring (bicyclic) bond motifs is 1. The molecule has 3 N–H and O–H groups in total. The minimum atomic E-state index is -0.831. The SMILES string of the molecule is CC(C)(CC(=O)NC1CCCc2ccccc2NC1=O)NC(=O)OCc1ccccc1. The van der Waals surface area contributed by atoms with E-state index in [4.69, 9.17) is 4.74 Å². The van der Waals surface area contributed by atoms with Crippen molar-refractivity contribution in [2.24, 2.45) is 0 Å². The summed E-state index contributed by atoms with van der Waals surface area (Å²) in [7, 11) is 0. The highest BCUT2D eigenvalue weighted by molar-refractivity contribution is 5.98. The molecule has 31 heavy (non-hydrogen) atoms. The maximum Gasteiger partial charge on any atom is 0.407 e. The Bertz CT molecular complexity index is 927. The molecule has 164 valence electrons. The lowest BCUT2D eigenvalue weighted by molar-refractivity contribution is -0.127. The fourth-order valence-electron chi connectivity index (χ4n) is 3.57. The summed E-state index contributed by atoms with van der Waals surface area (Å²) in [6, 6.07) is 16.4. The molecule has 1 unspecified atom stereocenters. The Morgan fingerprint density at radius 2 is 1.81 bits per heavy atom. The van der Waals surface area contributed by atoms with Crippen LogP contribution in [0.2, 0.25) is 0 Å². The van der Waals surface area contributed by atoms with Gasteiger partial charge in [0.15, 0.2) is 0 Å². The molecule has 0 saturated carbocycles. The first kappa shape index (κ1) is 22.3. The number of carbonyl (C=O) groups is 3. The lowest BCUT2D eigenvalue weighted by Gasteiger charge is -2.27. The van der Waals surface area contributed by atoms with E-state index in [1.54, 1.807) is 13.8 Å². The van der Waals surface area contributed by atoms with Crippen LogP contribution in [0.3, 0.4) is 0 Å². The third kappa shape index (κ3) is 6.84. The van der Waals surface area contributed by atoms with Gasteiger partial charge in [-0.05, 0) is 50.3 Å². The minimum Gasteiger partial charge on any atom is -0.445 e. The summed E-state index contributed by atoms with van der Waals surface area (Å²) < 4.78 is 5.23. The van der Waals surface area contributed by atoms with E-state index < -0.39 is 17.7 Å². The molecule has 3 rings (SSSR count). The smallest absolute Gasteiger partial charge is 0.407 e. The van der Waals surface area contributed by atoms with Crippen molar-refractivity contribution in [3.05, 3.63) is 65.7 Å². The molecule has 0 bridgehead atoms. The van der Waals surface area contributed by atoms with Gasteiger partial charge in [0.1, 0.15) is 12.6 Å². The van der Waals surface area contributed by atoms with Gasteiger partial charge in [-0.15, -0.1) is 0 Å². The van der Waals surface area contributed by atoms with Crippen molar-refractivity contribution in [3.8, 4) is 0 Å². The van der Waals surface area contributed by atoms with Gasteiger partial charge in [-0.2, -0.15) is 0 Å². The first-order valence-electron chi connectivity index (χ1n) is 10.5. The third-order valence-corrected chi connectivity index (χ3v) is 5.12. The monoisotopic (exact) mass is 423 g/mol. The lowest BCUT2D eigenvalue weighted by Crippen LogP contribution is -2.50. The lowest BCUT2D eigenvalue weighted by atomic mass is 9.98. The zero-order chi connectivity index (χ0) is 22.3. The predicted octanol–water partition coefficient (Wildman–Crippen LogP) is 3.54. The van der Waals surface area contributed by atoms with Crippen LogP contribution in [0.5, 0.6) is 0 Å². The quantitative estimate of drug-likeness (QED) is 0.662. The van der Waals surface area contributed by atoms with Gasteiger partial charge in [0.25, 0.3) is 0 Å². The minimum absolute atomic E-state index is 0.0216. The van der Waals surface area contributed by atoms with Gasteiger partial charge in [-0.1, -0.05) is 48.5 Å². The largest absolute Gasteiger partial charge is 0.445 e. The Hall–Kier alpha value is -3.35. The number of para-hydroxylation sites is 1. The predicted molar refractivity (Wildman–Crippen MR) is 118 cm³/mol. The molecule has 3 amide bonds. The summed E-state index contributed by atoms with van der Waals surface area (Å²) in [6.07, 6.45) is 1.61. The number of hydrogen-bond donors (Lipinski definition) is 3. The number of anilines is 1. The number of hydrogen-bond acceptors (Lipinski definition) is 4. The molecule has 0 radical (unpaired) electrons. The highest BCUT2D eigenvalue weighted by Crippen LogP contribution is 2.21. The highest BCUT2D eigenvalue weighted by Gasteiger charge is 2.28. The van der Waals surface area contributed by atoms with Gasteiger partial charge in [0, 0.05) is 17.6 Å². The first-order chi connectivity index (χ1) is 14.8. The molecular formula is C24H29N3O4. The van der Waals surface area contributed by atoms with Crippen LogP contribution in [0.15, 0.2) is 54.6 Å². The number of amides is 3. The van der Waals surface area contributed by atoms with Gasteiger partial charge >= 0.3 is 6.09 Å². The van der Waals surface area contributed by atoms with E-state index in [2.05, 4.69) is 16.0 Å². The third-order valence-electron chi connectivity index (χ3n) is 5.12. The van der Waals surface area contributed by atoms with Crippen molar-refractivity contribution in [1.29, 1.82) is 0 Å². The van der Waals surface area contributed by atoms with Crippen LogP contribution in [-0.4, -0.2) is 29.5 Å². The second kappa shape index (κ2) is 10.1. The Balaban J connectivity index is 1.49. The zero-order valence-electron chi connectivity index (χ0n) is 17.9. The molecule has 2 aromatic rings. The number of benzene rings is 2. The molecule has 0 aliphatic carbocycles. The number of ether oxygens (including phenoxy) is 1. The summed E-state index contributed by atoms with van der Waals surface area (Å²) in [5.74, 6) is -0.532. The van der Waals surface area contributed by atoms with Crippen LogP contribution in [0.25, 0.3) is 0 Å². The first-order valence-corrected chi connectivity index (χ1v) is 10.5. The summed E-state index contributed by atoms with van der Waals surface area (Å²) in [5.41, 5.74) is 1.93. The molecule has 1 aliphatic rings. The van der Waals surface area contributed by atoms with Crippen molar-refractivity contribution in [3.63, 3.8) is 0 Å². The molecule has 0 aromatic heterocycles. The van der Waals surface area contributed by atoms with E-state index >= 15 is 0 Å². The fourth-order valence-corrected chi connectivity index (χ4v) is 3.57. The molecular weight excluding hydrogens is 394 g/mol. The molecule has 1 heterocycles. The number of rotatable bonds is 6. The van der Waals surface area contributed by atoms with Crippen LogP contribution < -0.4 is 16.0 Å². The molecule has 0 fully saturated rings. The molecule has 1 atom stereocenters. The van der Waals surface area contributed by atoms with Crippen LogP contribution in [-0.2, 0) is 27.4 Å². The van der Waals surface area contributed by atoms with Gasteiger partial charge in [0.2, 0.25) is 11.8 Å². The molecule has 7 heteroatoms. The van der Waals surface area contributed by atoms with E-state index in [1.165, 1.54) is 0 Å². The molecule has 1 aliphatic heterocycles. The maximum atomic E-state index is 12.6. The van der Waals surface area contributed by atoms with Crippen LogP contribution in [0.1, 0.15) is 44.2 Å². The van der Waals surface area contributed by atoms with E-state index in [9.17, 15) is 14.4 Å². The Morgan fingerprint density at radius 3 is 2.58 bits per heavy atom. The van der Waals surface area contributed by atoms with Gasteiger partial charge in [-0.3, -0.25) is 9.59 Å². The van der Waals surface area contributed by atoms with Gasteiger partial charge in [0.05, 0.1) is 0 Å². The van der Waals surface area contributed by atoms with Gasteiger partial charge in [-0.25, -0.2) is 4.79 Å². The fraction of sp³-hybridized carbons (Fsp3) is 0.375. The zero-order valence-corrected chi connectivity index (χ0v) is 17.9. The number of nitrogens with one attached hydrogen (secondary N) is 3. The Labute approximate surface area is 182 Å². The number of carbonyl (C=O) groups excluding carboxylic acids is 3. The normalized spacial score (nSPS) is 16.2. The van der Waals surface area contributed by atoms with E-state index in [0.29, 0.717) is 6.42 Å². The number of alkyl carbamates (subject to hydrolysis) is 1. The average molecular weight is 424 g/mol. The van der Waals surface area contributed by atoms with E-state index in [1.807, 2.05) is 54.6 Å². The van der Waals surface area contributed by atoms with Crippen molar-refractivity contribution < 1.29 is 19.1 Å². The standard InChI is InChI=1S/C24H29N3O4/c1-24(2,27-23(30)31-16-17-9-4-3-5-10-17)15-21(28)25-20-14-8-12-18-11-6-7-13-19(18)26-22(20)29/h3-7,9-11,13,20H,8,12,14-16H2,1-2H3,(H,25,28)(H,26,29)(H,27,30). The van der Waals surface area contributed by atoms with E-state index in [0.717, 1.165) is 29.7 Å². The summed E-state index contributed by atoms with van der Waals surface area (Å²) in [6.45, 7) is 3.63. The van der Waals surface area contributed by atoms with Crippen LogP contribution >= 0.6 is 0 Å². The van der Waals surface area contributed by atoms with Crippen LogP contribution in [0.4, 0.5) is 10.5 Å². The molecule has 0 saturated heterocycles. The summed E-state index contributed by atoms with van der Waals surface area (Å²) in [5, 5.41) is 8.43. The van der Waals surface area contributed by atoms with Crippen LogP contribution in [0, 0.1) is 0 Å². The molecule has 0 spiro atoms. The Kier molecular flexibility index (Phi) is 7.28. The second-order valence-electron chi connectivity index (χ2n) is 8.41. The average Bonchev–Trinajstić information content (AvgIpc) is 2.71. The number of aryl methyl sites for hydroxylation is 1. The molecule has 2 aromatic carbocycles. The Morgan fingerprint density at radius 1 is 1.10 bits per heavy atom. The molecule has 7 nitrogen and oxygen atoms in total. The van der Waals surface area contributed by atoms with Crippen molar-refractivity contribution in [1.82, 2.24) is 10.6 Å². The second-order valence-corrected chi connectivity index (χ2v) is 8.41. The van der Waals surface area contributed by atoms with Gasteiger partial charge < -0.3 is 20.7 Å². The maximum absolute atomic E-state index is 12.6.